The van der Waals surface area contributed by atoms with E-state index < -0.39 is 0 Å². The molecule has 0 saturated carbocycles. The fourth-order valence-corrected chi connectivity index (χ4v) is 1.87. The van der Waals surface area contributed by atoms with Gasteiger partial charge in [-0.2, -0.15) is 0 Å². The van der Waals surface area contributed by atoms with Gasteiger partial charge in [0.05, 0.1) is 19.5 Å². The second-order valence-corrected chi connectivity index (χ2v) is 4.77. The molecule has 1 aromatic heterocycles. The molecule has 0 aromatic carbocycles. The van der Waals surface area contributed by atoms with Crippen LogP contribution in [-0.2, 0) is 0 Å². The van der Waals surface area contributed by atoms with Gasteiger partial charge in [0, 0.05) is 12.6 Å². The maximum atomic E-state index is 9.11. The number of hydrogen-bond acceptors (Lipinski definition) is 6. The quantitative estimate of drug-likeness (QED) is 0.623. The monoisotopic (exact) mass is 266 g/mol. The van der Waals surface area contributed by atoms with E-state index in [1.54, 1.807) is 13.3 Å². The number of nitrogens with one attached hydrogen (secondary N) is 2. The van der Waals surface area contributed by atoms with E-state index in [4.69, 9.17) is 15.3 Å². The van der Waals surface area contributed by atoms with Gasteiger partial charge in [0.1, 0.15) is 0 Å². The van der Waals surface area contributed by atoms with Gasteiger partial charge >= 0.3 is 0 Å². The molecular formula is C13H22N4O2. The highest BCUT2D eigenvalue weighted by molar-refractivity contribution is 5.72. The molecule has 6 heteroatoms. The Morgan fingerprint density at radius 1 is 1.53 bits per heavy atom. The van der Waals surface area contributed by atoms with Crippen LogP contribution in [0.15, 0.2) is 6.20 Å². The molecule has 19 heavy (non-hydrogen) atoms. The van der Waals surface area contributed by atoms with E-state index in [0.717, 1.165) is 12.6 Å². The van der Waals surface area contributed by atoms with Gasteiger partial charge in [-0.15, -0.1) is 0 Å². The third kappa shape index (κ3) is 4.82. The first-order valence-corrected chi connectivity index (χ1v) is 6.39. The topological polar surface area (TPSA) is 91.1 Å². The van der Waals surface area contributed by atoms with Crippen molar-refractivity contribution in [3.8, 4) is 5.75 Å². The van der Waals surface area contributed by atoms with Gasteiger partial charge in [0.2, 0.25) is 0 Å². The van der Waals surface area contributed by atoms with Crippen LogP contribution in [0, 0.1) is 11.3 Å². The van der Waals surface area contributed by atoms with E-state index in [1.165, 1.54) is 0 Å². The van der Waals surface area contributed by atoms with Crippen LogP contribution in [0.4, 0.5) is 5.82 Å². The zero-order valence-electron chi connectivity index (χ0n) is 11.7. The van der Waals surface area contributed by atoms with Gasteiger partial charge in [-0.05, 0) is 18.8 Å². The molecule has 6 nitrogen and oxygen atoms in total. The predicted molar refractivity (Wildman–Crippen MR) is 75.0 cm³/mol. The molecule has 0 amide bonds. The molecule has 1 unspecified atom stereocenters. The Morgan fingerprint density at radius 2 is 2.26 bits per heavy atom. The normalized spacial score (nSPS) is 12.3. The standard InChI is InChI=1S/C13H22N4O2/c1-9(2)6-10(4-5-18)16-13-11(19-3)8-15-12(7-14)17-13/h7-10,14,18H,4-6H2,1-3H3,(H,15,16,17). The Labute approximate surface area is 113 Å². The third-order valence-electron chi connectivity index (χ3n) is 2.70. The van der Waals surface area contributed by atoms with E-state index in [1.807, 2.05) is 0 Å². The Hall–Kier alpha value is -1.69. The first kappa shape index (κ1) is 15.4. The molecule has 0 fully saturated rings. The van der Waals surface area contributed by atoms with Crippen molar-refractivity contribution in [1.82, 2.24) is 9.97 Å². The lowest BCUT2D eigenvalue weighted by Crippen LogP contribution is -2.24. The number of aliphatic hydroxyl groups is 1. The van der Waals surface area contributed by atoms with Crippen LogP contribution in [-0.4, -0.2) is 41.0 Å². The van der Waals surface area contributed by atoms with Crippen LogP contribution < -0.4 is 10.1 Å². The van der Waals surface area contributed by atoms with Crippen molar-refractivity contribution in [2.75, 3.05) is 19.0 Å². The zero-order valence-corrected chi connectivity index (χ0v) is 11.7. The summed E-state index contributed by atoms with van der Waals surface area (Å²) in [6, 6.07) is 0.118. The van der Waals surface area contributed by atoms with Crippen LogP contribution >= 0.6 is 0 Å². The number of rotatable bonds is 8. The molecule has 0 aliphatic heterocycles. The number of aromatic nitrogens is 2. The first-order chi connectivity index (χ1) is 9.10. The van der Waals surface area contributed by atoms with Gasteiger partial charge in [-0.3, -0.25) is 0 Å². The molecule has 1 atom stereocenters. The smallest absolute Gasteiger partial charge is 0.179 e. The highest BCUT2D eigenvalue weighted by Gasteiger charge is 2.14. The summed E-state index contributed by atoms with van der Waals surface area (Å²) < 4.78 is 5.20. The second kappa shape index (κ2) is 7.68. The predicted octanol–water partition coefficient (Wildman–Crippen LogP) is 1.69. The highest BCUT2D eigenvalue weighted by atomic mass is 16.5. The van der Waals surface area contributed by atoms with Crippen molar-refractivity contribution in [2.24, 2.45) is 5.92 Å². The maximum Gasteiger partial charge on any atom is 0.179 e. The molecule has 0 aliphatic rings. The van der Waals surface area contributed by atoms with Crippen LogP contribution in [0.25, 0.3) is 0 Å². The van der Waals surface area contributed by atoms with Crippen LogP contribution in [0.2, 0.25) is 0 Å². The minimum atomic E-state index is 0.118. The van der Waals surface area contributed by atoms with E-state index >= 15 is 0 Å². The average Bonchev–Trinajstić information content (AvgIpc) is 2.38. The van der Waals surface area contributed by atoms with Crippen molar-refractivity contribution in [1.29, 1.82) is 5.41 Å². The molecular weight excluding hydrogens is 244 g/mol. The Balaban J connectivity index is 2.89. The van der Waals surface area contributed by atoms with Crippen molar-refractivity contribution in [2.45, 2.75) is 32.7 Å². The lowest BCUT2D eigenvalue weighted by Gasteiger charge is -2.21. The lowest BCUT2D eigenvalue weighted by molar-refractivity contribution is 0.272. The number of hydrogen-bond donors (Lipinski definition) is 3. The van der Waals surface area contributed by atoms with Crippen LogP contribution in [0.3, 0.4) is 0 Å². The molecule has 1 heterocycles. The van der Waals surface area contributed by atoms with Gasteiger partial charge in [0.25, 0.3) is 0 Å². The van der Waals surface area contributed by atoms with E-state index in [0.29, 0.717) is 29.7 Å². The van der Waals surface area contributed by atoms with E-state index in [-0.39, 0.29) is 12.6 Å². The average molecular weight is 266 g/mol. The molecule has 106 valence electrons. The molecule has 3 N–H and O–H groups in total. The van der Waals surface area contributed by atoms with Crippen molar-refractivity contribution < 1.29 is 9.84 Å². The highest BCUT2D eigenvalue weighted by Crippen LogP contribution is 2.23. The minimum Gasteiger partial charge on any atom is -0.491 e. The second-order valence-electron chi connectivity index (χ2n) is 4.77. The molecule has 0 aliphatic carbocycles. The Bertz CT molecular complexity index is 410. The summed E-state index contributed by atoms with van der Waals surface area (Å²) in [5.41, 5.74) is 0. The first-order valence-electron chi connectivity index (χ1n) is 6.39. The SMILES string of the molecule is COc1cnc(C=N)nc1NC(CCO)CC(C)C. The van der Waals surface area contributed by atoms with E-state index in [2.05, 4.69) is 29.1 Å². The van der Waals surface area contributed by atoms with Gasteiger partial charge in [0.15, 0.2) is 17.4 Å². The lowest BCUT2D eigenvalue weighted by atomic mass is 10.0. The summed E-state index contributed by atoms with van der Waals surface area (Å²) >= 11 is 0. The maximum absolute atomic E-state index is 9.11. The molecule has 1 rings (SSSR count). The summed E-state index contributed by atoms with van der Waals surface area (Å²) in [6.45, 7) is 4.38. The van der Waals surface area contributed by atoms with Crippen molar-refractivity contribution in [3.63, 3.8) is 0 Å². The Kier molecular flexibility index (Phi) is 6.21. The van der Waals surface area contributed by atoms with Crippen LogP contribution in [0.5, 0.6) is 5.75 Å². The molecule has 1 aromatic rings. The number of anilines is 1. The minimum absolute atomic E-state index is 0.118. The molecule has 0 bridgehead atoms. The van der Waals surface area contributed by atoms with Crippen molar-refractivity contribution >= 4 is 12.0 Å². The van der Waals surface area contributed by atoms with Gasteiger partial charge < -0.3 is 20.6 Å². The number of aliphatic hydroxyl groups excluding tert-OH is 1. The summed E-state index contributed by atoms with van der Waals surface area (Å²) in [6.07, 6.45) is 4.20. The molecule has 0 spiro atoms. The fourth-order valence-electron chi connectivity index (χ4n) is 1.87. The molecule has 0 radical (unpaired) electrons. The summed E-state index contributed by atoms with van der Waals surface area (Å²) in [4.78, 5) is 8.19. The summed E-state index contributed by atoms with van der Waals surface area (Å²) in [5.74, 6) is 1.95. The molecule has 0 saturated heterocycles. The van der Waals surface area contributed by atoms with E-state index in [9.17, 15) is 0 Å². The van der Waals surface area contributed by atoms with Crippen molar-refractivity contribution in [3.05, 3.63) is 12.0 Å². The third-order valence-corrected chi connectivity index (χ3v) is 2.70. The van der Waals surface area contributed by atoms with Gasteiger partial charge in [-0.25, -0.2) is 9.97 Å². The summed E-state index contributed by atoms with van der Waals surface area (Å²) in [5, 5.41) is 19.6. The number of methoxy groups -OCH3 is 1. The van der Waals surface area contributed by atoms with Crippen LogP contribution in [0.1, 0.15) is 32.5 Å². The van der Waals surface area contributed by atoms with Gasteiger partial charge in [-0.1, -0.05) is 13.8 Å². The Morgan fingerprint density at radius 3 is 2.79 bits per heavy atom. The number of nitrogens with zero attached hydrogens (tertiary/aromatic N) is 2. The number of ether oxygens (including phenoxy) is 1. The zero-order chi connectivity index (χ0) is 14.3. The largest absolute Gasteiger partial charge is 0.491 e. The summed E-state index contributed by atoms with van der Waals surface area (Å²) in [7, 11) is 1.55. The fraction of sp³-hybridized carbons (Fsp3) is 0.615.